The minimum Gasteiger partial charge on any atom is -0.444 e. The molecule has 0 aliphatic carbocycles. The molecule has 1 aliphatic rings. The van der Waals surface area contributed by atoms with E-state index >= 15 is 0 Å². The number of aromatic nitrogens is 2. The third-order valence-electron chi connectivity index (χ3n) is 4.07. The summed E-state index contributed by atoms with van der Waals surface area (Å²) >= 11 is 0. The molecule has 0 N–H and O–H groups in total. The largest absolute Gasteiger partial charge is 0.444 e. The monoisotopic (exact) mass is 371 g/mol. The number of rotatable bonds is 3. The van der Waals surface area contributed by atoms with Gasteiger partial charge in [0.15, 0.2) is 0 Å². The van der Waals surface area contributed by atoms with Crippen molar-refractivity contribution in [3.05, 3.63) is 55.1 Å². The Morgan fingerprint density at radius 2 is 1.57 bits per heavy atom. The van der Waals surface area contributed by atoms with E-state index < -0.39 is 0 Å². The molecule has 5 heteroatoms. The zero-order valence-corrected chi connectivity index (χ0v) is 14.4. The number of halogens is 1. The predicted molar refractivity (Wildman–Crippen MR) is 96.9 cm³/mol. The van der Waals surface area contributed by atoms with Crippen LogP contribution in [0.4, 0.5) is 5.69 Å². The van der Waals surface area contributed by atoms with E-state index in [1.807, 2.05) is 12.1 Å². The molecule has 1 fully saturated rings. The van der Waals surface area contributed by atoms with Gasteiger partial charge in [-0.3, -0.25) is 4.98 Å². The first-order chi connectivity index (χ1) is 10.9. The maximum absolute atomic E-state index is 5.59. The third kappa shape index (κ3) is 3.29. The molecule has 23 heavy (non-hydrogen) atoms. The van der Waals surface area contributed by atoms with Gasteiger partial charge >= 0.3 is 0 Å². The second-order valence-electron chi connectivity index (χ2n) is 5.51. The summed E-state index contributed by atoms with van der Waals surface area (Å²) in [5.74, 6) is 0.626. The van der Waals surface area contributed by atoms with Crippen LogP contribution in [0.15, 0.2) is 59.5 Å². The fraction of sp³-hybridized carbons (Fsp3) is 0.222. The summed E-state index contributed by atoms with van der Waals surface area (Å²) in [6, 6.07) is 12.4. The van der Waals surface area contributed by atoms with Crippen LogP contribution in [0.25, 0.3) is 22.7 Å². The van der Waals surface area contributed by atoms with Crippen molar-refractivity contribution in [1.29, 1.82) is 0 Å². The summed E-state index contributed by atoms with van der Waals surface area (Å²) in [4.78, 5) is 11.0. The van der Waals surface area contributed by atoms with Crippen molar-refractivity contribution in [2.24, 2.45) is 0 Å². The van der Waals surface area contributed by atoms with Crippen molar-refractivity contribution in [1.82, 2.24) is 9.97 Å². The molecule has 3 heterocycles. The Kier molecular flexibility index (Phi) is 4.76. The second kappa shape index (κ2) is 6.96. The van der Waals surface area contributed by atoms with E-state index in [-0.39, 0.29) is 17.0 Å². The number of benzene rings is 1. The smallest absolute Gasteiger partial charge is 0.226 e. The van der Waals surface area contributed by atoms with Crippen LogP contribution in [-0.4, -0.2) is 23.1 Å². The summed E-state index contributed by atoms with van der Waals surface area (Å²) in [5.41, 5.74) is 4.17. The first-order valence-electron chi connectivity index (χ1n) is 7.61. The average molecular weight is 372 g/mol. The lowest BCUT2D eigenvalue weighted by Gasteiger charge is -2.17. The van der Waals surface area contributed by atoms with E-state index in [1.54, 1.807) is 18.7 Å². The molecule has 0 spiro atoms. The maximum atomic E-state index is 5.59. The minimum atomic E-state index is 0. The lowest BCUT2D eigenvalue weighted by atomic mass is 10.1. The Labute approximate surface area is 146 Å². The van der Waals surface area contributed by atoms with E-state index in [4.69, 9.17) is 4.42 Å². The molecule has 1 aromatic carbocycles. The van der Waals surface area contributed by atoms with Gasteiger partial charge in [0.25, 0.3) is 0 Å². The highest BCUT2D eigenvalue weighted by atomic mass is 79.9. The molecule has 0 amide bonds. The van der Waals surface area contributed by atoms with E-state index in [0.717, 1.165) is 29.9 Å². The molecule has 0 unspecified atom stereocenters. The van der Waals surface area contributed by atoms with Gasteiger partial charge in [-0.2, -0.15) is 0 Å². The van der Waals surface area contributed by atoms with Crippen LogP contribution in [0.3, 0.4) is 0 Å². The molecule has 1 saturated heterocycles. The lowest BCUT2D eigenvalue weighted by Crippen LogP contribution is -2.17. The van der Waals surface area contributed by atoms with Crippen LogP contribution in [0, 0.1) is 0 Å². The molecule has 4 rings (SSSR count). The van der Waals surface area contributed by atoms with Crippen LogP contribution >= 0.6 is 17.0 Å². The zero-order valence-electron chi connectivity index (χ0n) is 12.7. The maximum Gasteiger partial charge on any atom is 0.226 e. The lowest BCUT2D eigenvalue weighted by molar-refractivity contribution is 0.575. The first kappa shape index (κ1) is 15.7. The Hall–Kier alpha value is -2.14. The van der Waals surface area contributed by atoms with E-state index in [0.29, 0.717) is 5.89 Å². The number of nitrogens with zero attached hydrogens (tertiary/aromatic N) is 3. The van der Waals surface area contributed by atoms with Crippen LogP contribution < -0.4 is 4.90 Å². The highest BCUT2D eigenvalue weighted by molar-refractivity contribution is 8.93. The highest BCUT2D eigenvalue weighted by Gasteiger charge is 2.13. The van der Waals surface area contributed by atoms with Crippen LogP contribution in [0.1, 0.15) is 12.8 Å². The molecule has 0 saturated carbocycles. The SMILES string of the molecule is Br.c1cc(-c2nc(-c3ccc(N4CCCC4)cc3)co2)ccn1. The van der Waals surface area contributed by atoms with E-state index in [9.17, 15) is 0 Å². The predicted octanol–water partition coefficient (Wildman–Crippen LogP) is 4.58. The number of oxazole rings is 1. The number of hydrogen-bond acceptors (Lipinski definition) is 4. The summed E-state index contributed by atoms with van der Waals surface area (Å²) < 4.78 is 5.59. The van der Waals surface area contributed by atoms with Gasteiger partial charge in [-0.05, 0) is 37.1 Å². The minimum absolute atomic E-state index is 0. The Morgan fingerprint density at radius 1 is 0.870 bits per heavy atom. The molecule has 118 valence electrons. The molecule has 3 aromatic rings. The average Bonchev–Trinajstić information content (AvgIpc) is 3.28. The van der Waals surface area contributed by atoms with Gasteiger partial charge in [-0.1, -0.05) is 12.1 Å². The summed E-state index contributed by atoms with van der Waals surface area (Å²) in [6.07, 6.45) is 7.77. The van der Waals surface area contributed by atoms with Crippen LogP contribution in [-0.2, 0) is 0 Å². The van der Waals surface area contributed by atoms with Crippen molar-refractivity contribution in [3.8, 4) is 22.7 Å². The Bertz CT molecular complexity index is 749. The highest BCUT2D eigenvalue weighted by Crippen LogP contribution is 2.27. The normalized spacial score (nSPS) is 13.8. The van der Waals surface area contributed by atoms with Crippen molar-refractivity contribution in [3.63, 3.8) is 0 Å². The molecular formula is C18H18BrN3O. The zero-order chi connectivity index (χ0) is 14.8. The molecular weight excluding hydrogens is 354 g/mol. The molecule has 4 nitrogen and oxygen atoms in total. The van der Waals surface area contributed by atoms with Crippen molar-refractivity contribution in [2.45, 2.75) is 12.8 Å². The van der Waals surface area contributed by atoms with Crippen LogP contribution in [0.2, 0.25) is 0 Å². The van der Waals surface area contributed by atoms with Gasteiger partial charge in [0.1, 0.15) is 12.0 Å². The first-order valence-corrected chi connectivity index (χ1v) is 7.61. The topological polar surface area (TPSA) is 42.2 Å². The summed E-state index contributed by atoms with van der Waals surface area (Å²) in [7, 11) is 0. The van der Waals surface area contributed by atoms with Crippen molar-refractivity contribution >= 4 is 22.7 Å². The van der Waals surface area contributed by atoms with Gasteiger partial charge in [0.05, 0.1) is 0 Å². The fourth-order valence-electron chi connectivity index (χ4n) is 2.85. The quantitative estimate of drug-likeness (QED) is 0.675. The van der Waals surface area contributed by atoms with Gasteiger partial charge in [0, 0.05) is 42.3 Å². The van der Waals surface area contributed by atoms with Gasteiger partial charge in [-0.15, -0.1) is 17.0 Å². The molecule has 0 bridgehead atoms. The van der Waals surface area contributed by atoms with E-state index in [2.05, 4.69) is 39.1 Å². The molecule has 0 radical (unpaired) electrons. The van der Waals surface area contributed by atoms with Crippen molar-refractivity contribution in [2.75, 3.05) is 18.0 Å². The number of pyridine rings is 1. The number of hydrogen-bond donors (Lipinski definition) is 0. The van der Waals surface area contributed by atoms with Gasteiger partial charge in [-0.25, -0.2) is 4.98 Å². The third-order valence-corrected chi connectivity index (χ3v) is 4.07. The standard InChI is InChI=1S/C18H17N3O.BrH/c1-2-12-21(11-1)16-5-3-14(4-6-16)17-13-22-18(20-17)15-7-9-19-10-8-15;/h3-10,13H,1-2,11-12H2;1H. The Balaban J connectivity index is 0.00000156. The van der Waals surface area contributed by atoms with Gasteiger partial charge < -0.3 is 9.32 Å². The van der Waals surface area contributed by atoms with E-state index in [1.165, 1.54) is 18.5 Å². The second-order valence-corrected chi connectivity index (χ2v) is 5.51. The van der Waals surface area contributed by atoms with Crippen molar-refractivity contribution < 1.29 is 4.42 Å². The number of anilines is 1. The summed E-state index contributed by atoms with van der Waals surface area (Å²) in [6.45, 7) is 2.32. The van der Waals surface area contributed by atoms with Gasteiger partial charge in [0.2, 0.25) is 5.89 Å². The summed E-state index contributed by atoms with van der Waals surface area (Å²) in [5, 5.41) is 0. The fourth-order valence-corrected chi connectivity index (χ4v) is 2.85. The van der Waals surface area contributed by atoms with Crippen LogP contribution in [0.5, 0.6) is 0 Å². The Morgan fingerprint density at radius 3 is 2.26 bits per heavy atom. The molecule has 1 aliphatic heterocycles. The molecule has 0 atom stereocenters. The molecule has 2 aromatic heterocycles.